The molecule has 0 amide bonds. The fourth-order valence-corrected chi connectivity index (χ4v) is 2.43. The van der Waals surface area contributed by atoms with E-state index >= 15 is 0 Å². The lowest BCUT2D eigenvalue weighted by atomic mass is 10.1. The molecule has 6 heteroatoms. The highest BCUT2D eigenvalue weighted by molar-refractivity contribution is 6.30. The first-order valence-corrected chi connectivity index (χ1v) is 7.06. The minimum absolute atomic E-state index is 0.0812. The molecule has 0 saturated carbocycles. The summed E-state index contributed by atoms with van der Waals surface area (Å²) in [4.78, 5) is 11.3. The van der Waals surface area contributed by atoms with Gasteiger partial charge in [-0.25, -0.2) is 9.48 Å². The van der Waals surface area contributed by atoms with E-state index in [0.717, 1.165) is 5.56 Å². The number of benzene rings is 2. The molecule has 2 aromatic carbocycles. The smallest absolute Gasteiger partial charge is 0.356 e. The van der Waals surface area contributed by atoms with Crippen molar-refractivity contribution in [2.24, 2.45) is 0 Å². The molecule has 3 rings (SSSR count). The zero-order valence-electron chi connectivity index (χ0n) is 11.8. The van der Waals surface area contributed by atoms with Crippen LogP contribution in [-0.4, -0.2) is 20.9 Å². The van der Waals surface area contributed by atoms with Crippen molar-refractivity contribution in [1.29, 1.82) is 5.26 Å². The van der Waals surface area contributed by atoms with E-state index in [4.69, 9.17) is 16.9 Å². The fourth-order valence-electron chi connectivity index (χ4n) is 2.24. The van der Waals surface area contributed by atoms with Crippen LogP contribution in [0.4, 0.5) is 0 Å². The summed E-state index contributed by atoms with van der Waals surface area (Å²) in [5.74, 6) is -1.12. The molecular weight excluding hydrogens is 314 g/mol. The summed E-state index contributed by atoms with van der Waals surface area (Å²) in [6.45, 7) is 0. The highest BCUT2D eigenvalue weighted by Gasteiger charge is 2.16. The fraction of sp³-hybridized carbons (Fsp3) is 0. The molecule has 0 unspecified atom stereocenters. The Hall–Kier alpha value is -3.10. The second-order valence-corrected chi connectivity index (χ2v) is 5.24. The number of nitrogens with zero attached hydrogens (tertiary/aromatic N) is 3. The van der Waals surface area contributed by atoms with Crippen molar-refractivity contribution < 1.29 is 9.90 Å². The minimum Gasteiger partial charge on any atom is -0.476 e. The van der Waals surface area contributed by atoms with Crippen molar-refractivity contribution in [3.05, 3.63) is 70.9 Å². The molecule has 112 valence electrons. The maximum atomic E-state index is 11.3. The zero-order valence-corrected chi connectivity index (χ0v) is 12.5. The molecule has 0 saturated heterocycles. The summed E-state index contributed by atoms with van der Waals surface area (Å²) in [7, 11) is 0. The topological polar surface area (TPSA) is 78.9 Å². The summed E-state index contributed by atoms with van der Waals surface area (Å²) in [6.07, 6.45) is 0. The van der Waals surface area contributed by atoms with Gasteiger partial charge in [0.15, 0.2) is 5.69 Å². The number of carboxylic acids is 1. The Labute approximate surface area is 137 Å². The maximum Gasteiger partial charge on any atom is 0.356 e. The van der Waals surface area contributed by atoms with Gasteiger partial charge in [-0.3, -0.25) is 0 Å². The van der Waals surface area contributed by atoms with E-state index in [2.05, 4.69) is 11.2 Å². The highest BCUT2D eigenvalue weighted by atomic mass is 35.5. The molecule has 1 N–H and O–H groups in total. The van der Waals surface area contributed by atoms with E-state index in [1.807, 2.05) is 6.07 Å². The third kappa shape index (κ3) is 2.93. The standard InChI is InChI=1S/C17H10ClN3O2/c18-13-5-2-4-12(8-13)16-9-15(17(22)23)20-21(16)14-6-1-3-11(7-14)10-19/h1-9H,(H,22,23). The molecule has 0 spiro atoms. The molecule has 5 nitrogen and oxygen atoms in total. The van der Waals surface area contributed by atoms with Crippen LogP contribution in [-0.2, 0) is 0 Å². The molecule has 23 heavy (non-hydrogen) atoms. The van der Waals surface area contributed by atoms with Gasteiger partial charge >= 0.3 is 5.97 Å². The van der Waals surface area contributed by atoms with Crippen LogP contribution in [0.2, 0.25) is 5.02 Å². The van der Waals surface area contributed by atoms with Crippen LogP contribution < -0.4 is 0 Å². The summed E-state index contributed by atoms with van der Waals surface area (Å²) in [6, 6.07) is 17.4. The lowest BCUT2D eigenvalue weighted by Gasteiger charge is -2.08. The van der Waals surface area contributed by atoms with Crippen LogP contribution in [0.3, 0.4) is 0 Å². The molecule has 3 aromatic rings. The molecule has 1 aromatic heterocycles. The maximum absolute atomic E-state index is 11.3. The second-order valence-electron chi connectivity index (χ2n) is 4.80. The number of aromatic carboxylic acids is 1. The van der Waals surface area contributed by atoms with Gasteiger partial charge in [-0.2, -0.15) is 10.4 Å². The van der Waals surface area contributed by atoms with Gasteiger partial charge in [0.25, 0.3) is 0 Å². The average Bonchev–Trinajstić information content (AvgIpc) is 3.00. The molecule has 0 aliphatic carbocycles. The van der Waals surface area contributed by atoms with Crippen LogP contribution in [0.1, 0.15) is 16.1 Å². The van der Waals surface area contributed by atoms with Crippen LogP contribution in [0.15, 0.2) is 54.6 Å². The molecule has 0 radical (unpaired) electrons. The number of aromatic nitrogens is 2. The highest BCUT2D eigenvalue weighted by Crippen LogP contribution is 2.26. The van der Waals surface area contributed by atoms with Gasteiger partial charge in [0.2, 0.25) is 0 Å². The Kier molecular flexibility index (Phi) is 3.83. The van der Waals surface area contributed by atoms with Gasteiger partial charge in [0.1, 0.15) is 0 Å². The van der Waals surface area contributed by atoms with Crippen molar-refractivity contribution in [3.8, 4) is 23.0 Å². The summed E-state index contributed by atoms with van der Waals surface area (Å²) < 4.78 is 1.50. The Morgan fingerprint density at radius 3 is 2.65 bits per heavy atom. The summed E-state index contributed by atoms with van der Waals surface area (Å²) in [5, 5.41) is 22.9. The second kappa shape index (κ2) is 5.95. The first-order valence-electron chi connectivity index (χ1n) is 6.68. The van der Waals surface area contributed by atoms with Crippen LogP contribution >= 0.6 is 11.6 Å². The van der Waals surface area contributed by atoms with E-state index in [1.54, 1.807) is 42.5 Å². The van der Waals surface area contributed by atoms with Gasteiger partial charge in [0, 0.05) is 10.6 Å². The zero-order chi connectivity index (χ0) is 16.4. The van der Waals surface area contributed by atoms with E-state index in [-0.39, 0.29) is 5.69 Å². The summed E-state index contributed by atoms with van der Waals surface area (Å²) >= 11 is 6.02. The van der Waals surface area contributed by atoms with E-state index in [1.165, 1.54) is 10.7 Å². The Morgan fingerprint density at radius 1 is 1.17 bits per heavy atom. The predicted molar refractivity (Wildman–Crippen MR) is 85.7 cm³/mol. The Morgan fingerprint density at radius 2 is 1.96 bits per heavy atom. The molecule has 1 heterocycles. The van der Waals surface area contributed by atoms with E-state index < -0.39 is 5.97 Å². The molecule has 0 atom stereocenters. The number of hydrogen-bond donors (Lipinski definition) is 1. The van der Waals surface area contributed by atoms with Gasteiger partial charge < -0.3 is 5.11 Å². The van der Waals surface area contributed by atoms with Crippen LogP contribution in [0.5, 0.6) is 0 Å². The largest absolute Gasteiger partial charge is 0.476 e. The lowest BCUT2D eigenvalue weighted by Crippen LogP contribution is -2.02. The predicted octanol–water partition coefficient (Wildman–Crippen LogP) is 3.76. The Balaban J connectivity index is 2.23. The van der Waals surface area contributed by atoms with E-state index in [9.17, 15) is 9.90 Å². The van der Waals surface area contributed by atoms with Crippen molar-refractivity contribution >= 4 is 17.6 Å². The normalized spacial score (nSPS) is 10.3. The van der Waals surface area contributed by atoms with Crippen molar-refractivity contribution in [2.75, 3.05) is 0 Å². The number of halogens is 1. The van der Waals surface area contributed by atoms with Crippen LogP contribution in [0.25, 0.3) is 16.9 Å². The molecule has 0 aliphatic rings. The third-order valence-corrected chi connectivity index (χ3v) is 3.50. The third-order valence-electron chi connectivity index (χ3n) is 3.27. The van der Waals surface area contributed by atoms with Gasteiger partial charge in [-0.1, -0.05) is 29.8 Å². The molecule has 0 fully saturated rings. The summed E-state index contributed by atoms with van der Waals surface area (Å²) in [5.41, 5.74) is 2.31. The van der Waals surface area contributed by atoms with Crippen molar-refractivity contribution in [1.82, 2.24) is 9.78 Å². The first-order chi connectivity index (χ1) is 11.1. The minimum atomic E-state index is -1.12. The monoisotopic (exact) mass is 323 g/mol. The number of rotatable bonds is 3. The molecule has 0 bridgehead atoms. The van der Waals surface area contributed by atoms with E-state index in [0.29, 0.717) is 22.0 Å². The molecule has 0 aliphatic heterocycles. The molecular formula is C17H10ClN3O2. The SMILES string of the molecule is N#Cc1cccc(-n2nc(C(=O)O)cc2-c2cccc(Cl)c2)c1. The Bertz CT molecular complexity index is 941. The average molecular weight is 324 g/mol. The number of carbonyl (C=O) groups is 1. The van der Waals surface area contributed by atoms with Gasteiger partial charge in [0.05, 0.1) is 23.0 Å². The number of carboxylic acid groups (broad SMARTS) is 1. The quantitative estimate of drug-likeness (QED) is 0.795. The van der Waals surface area contributed by atoms with Crippen molar-refractivity contribution in [3.63, 3.8) is 0 Å². The number of nitriles is 1. The van der Waals surface area contributed by atoms with Gasteiger partial charge in [-0.05, 0) is 36.4 Å². The first kappa shape index (κ1) is 14.8. The number of hydrogen-bond acceptors (Lipinski definition) is 3. The lowest BCUT2D eigenvalue weighted by molar-refractivity contribution is 0.0690. The van der Waals surface area contributed by atoms with Crippen molar-refractivity contribution in [2.45, 2.75) is 0 Å². The van der Waals surface area contributed by atoms with Gasteiger partial charge in [-0.15, -0.1) is 0 Å². The van der Waals surface area contributed by atoms with Crippen LogP contribution in [0, 0.1) is 11.3 Å².